The summed E-state index contributed by atoms with van der Waals surface area (Å²) in [4.78, 5) is 12.1. The number of methoxy groups -OCH3 is 1. The molecule has 0 radical (unpaired) electrons. The van der Waals surface area contributed by atoms with Crippen LogP contribution in [0.1, 0.15) is 18.1 Å². The summed E-state index contributed by atoms with van der Waals surface area (Å²) in [5.74, 6) is 1.26. The lowest BCUT2D eigenvalue weighted by atomic mass is 10.0. The van der Waals surface area contributed by atoms with Crippen molar-refractivity contribution in [3.8, 4) is 11.5 Å². The molecule has 0 bridgehead atoms. The number of amides is 1. The zero-order valence-corrected chi connectivity index (χ0v) is 12.6. The van der Waals surface area contributed by atoms with Crippen LogP contribution >= 0.6 is 0 Å². The van der Waals surface area contributed by atoms with Gasteiger partial charge < -0.3 is 14.8 Å². The van der Waals surface area contributed by atoms with E-state index >= 15 is 0 Å². The van der Waals surface area contributed by atoms with Gasteiger partial charge in [-0.1, -0.05) is 24.3 Å². The van der Waals surface area contributed by atoms with E-state index in [1.807, 2.05) is 55.5 Å². The number of rotatable bonds is 4. The molecular formula is C18H17NO3. The molecule has 2 aromatic carbocycles. The smallest absolute Gasteiger partial charge is 0.256 e. The van der Waals surface area contributed by atoms with E-state index in [1.54, 1.807) is 7.11 Å². The Hall–Kier alpha value is -2.75. The van der Waals surface area contributed by atoms with Crippen LogP contribution in [0.4, 0.5) is 5.69 Å². The highest BCUT2D eigenvalue weighted by molar-refractivity contribution is 6.34. The molecule has 0 aromatic heterocycles. The van der Waals surface area contributed by atoms with E-state index in [2.05, 4.69) is 5.32 Å². The first-order chi connectivity index (χ1) is 10.7. The lowest BCUT2D eigenvalue weighted by Crippen LogP contribution is -2.03. The predicted octanol–water partition coefficient (Wildman–Crippen LogP) is 3.59. The van der Waals surface area contributed by atoms with E-state index in [0.29, 0.717) is 23.7 Å². The third-order valence-corrected chi connectivity index (χ3v) is 3.51. The second-order valence-corrected chi connectivity index (χ2v) is 4.90. The molecule has 1 amide bonds. The van der Waals surface area contributed by atoms with Crippen LogP contribution in [0.2, 0.25) is 0 Å². The minimum atomic E-state index is -0.0888. The van der Waals surface area contributed by atoms with Gasteiger partial charge in [0.25, 0.3) is 5.91 Å². The standard InChI is InChI=1S/C18H17NO3/c1-3-22-16-9-8-12(11-17(16)21-2)10-14-13-6-4-5-7-15(13)19-18(14)20/h4-11H,3H2,1-2H3,(H,19,20)/b14-10+. The van der Waals surface area contributed by atoms with Crippen LogP contribution in [0, 0.1) is 0 Å². The first-order valence-corrected chi connectivity index (χ1v) is 7.16. The molecule has 3 rings (SSSR count). The number of anilines is 1. The second kappa shape index (κ2) is 5.93. The van der Waals surface area contributed by atoms with Gasteiger partial charge in [-0.05, 0) is 36.8 Å². The molecule has 22 heavy (non-hydrogen) atoms. The molecule has 1 heterocycles. The zero-order chi connectivity index (χ0) is 15.5. The van der Waals surface area contributed by atoms with E-state index < -0.39 is 0 Å². The third-order valence-electron chi connectivity index (χ3n) is 3.51. The van der Waals surface area contributed by atoms with Crippen LogP contribution in [-0.2, 0) is 4.79 Å². The second-order valence-electron chi connectivity index (χ2n) is 4.90. The number of fused-ring (bicyclic) bond motifs is 1. The van der Waals surface area contributed by atoms with Crippen molar-refractivity contribution in [1.82, 2.24) is 0 Å². The van der Waals surface area contributed by atoms with Crippen molar-refractivity contribution in [2.75, 3.05) is 19.0 Å². The fourth-order valence-electron chi connectivity index (χ4n) is 2.50. The van der Waals surface area contributed by atoms with Crippen LogP contribution in [0.3, 0.4) is 0 Å². The number of nitrogens with one attached hydrogen (secondary N) is 1. The van der Waals surface area contributed by atoms with Crippen molar-refractivity contribution >= 4 is 23.2 Å². The Morgan fingerprint density at radius 2 is 1.95 bits per heavy atom. The molecule has 112 valence electrons. The summed E-state index contributed by atoms with van der Waals surface area (Å²) in [6.45, 7) is 2.50. The number of hydrogen-bond donors (Lipinski definition) is 1. The van der Waals surface area contributed by atoms with Crippen LogP contribution in [0.25, 0.3) is 11.6 Å². The average Bonchev–Trinajstić information content (AvgIpc) is 2.85. The number of carbonyl (C=O) groups excluding carboxylic acids is 1. The maximum absolute atomic E-state index is 12.1. The van der Waals surface area contributed by atoms with E-state index in [4.69, 9.17) is 9.47 Å². The average molecular weight is 295 g/mol. The monoisotopic (exact) mass is 295 g/mol. The van der Waals surface area contributed by atoms with Crippen LogP contribution in [-0.4, -0.2) is 19.6 Å². The van der Waals surface area contributed by atoms with Gasteiger partial charge in [-0.2, -0.15) is 0 Å². The number of ether oxygens (including phenoxy) is 2. The summed E-state index contributed by atoms with van der Waals surface area (Å²) >= 11 is 0. The van der Waals surface area contributed by atoms with Gasteiger partial charge in [-0.25, -0.2) is 0 Å². The van der Waals surface area contributed by atoms with Gasteiger partial charge >= 0.3 is 0 Å². The maximum atomic E-state index is 12.1. The van der Waals surface area contributed by atoms with Crippen LogP contribution < -0.4 is 14.8 Å². The Kier molecular flexibility index (Phi) is 3.83. The number of carbonyl (C=O) groups is 1. The fraction of sp³-hybridized carbons (Fsp3) is 0.167. The molecule has 0 saturated heterocycles. The van der Waals surface area contributed by atoms with Crippen molar-refractivity contribution < 1.29 is 14.3 Å². The Morgan fingerprint density at radius 1 is 1.14 bits per heavy atom. The summed E-state index contributed by atoms with van der Waals surface area (Å²) < 4.78 is 10.8. The van der Waals surface area contributed by atoms with Gasteiger partial charge in [-0.3, -0.25) is 4.79 Å². The predicted molar refractivity (Wildman–Crippen MR) is 87.1 cm³/mol. The summed E-state index contributed by atoms with van der Waals surface area (Å²) in [6.07, 6.45) is 1.86. The van der Waals surface area contributed by atoms with E-state index in [-0.39, 0.29) is 5.91 Å². The highest BCUT2D eigenvalue weighted by Crippen LogP contribution is 2.34. The topological polar surface area (TPSA) is 47.6 Å². The van der Waals surface area contributed by atoms with Crippen molar-refractivity contribution in [1.29, 1.82) is 0 Å². The Morgan fingerprint density at radius 3 is 2.73 bits per heavy atom. The van der Waals surface area contributed by atoms with Crippen LogP contribution in [0.5, 0.6) is 11.5 Å². The Balaban J connectivity index is 2.00. The van der Waals surface area contributed by atoms with Gasteiger partial charge in [0.05, 0.1) is 13.7 Å². The molecular weight excluding hydrogens is 278 g/mol. The Bertz CT molecular complexity index is 750. The minimum Gasteiger partial charge on any atom is -0.493 e. The summed E-state index contributed by atoms with van der Waals surface area (Å²) in [7, 11) is 1.60. The quantitative estimate of drug-likeness (QED) is 0.877. The minimum absolute atomic E-state index is 0.0888. The molecule has 0 spiro atoms. The van der Waals surface area contributed by atoms with E-state index in [1.165, 1.54) is 0 Å². The molecule has 2 aromatic rings. The summed E-state index contributed by atoms with van der Waals surface area (Å²) in [5, 5.41) is 2.86. The lowest BCUT2D eigenvalue weighted by molar-refractivity contribution is -0.110. The van der Waals surface area contributed by atoms with Gasteiger partial charge in [0, 0.05) is 16.8 Å². The molecule has 1 N–H and O–H groups in total. The molecule has 0 saturated carbocycles. The van der Waals surface area contributed by atoms with Gasteiger partial charge in [0.1, 0.15) is 0 Å². The summed E-state index contributed by atoms with van der Waals surface area (Å²) in [6, 6.07) is 13.3. The SMILES string of the molecule is CCOc1ccc(/C=C2/C(=O)Nc3ccccc32)cc1OC. The molecule has 4 nitrogen and oxygen atoms in total. The number of benzene rings is 2. The molecule has 1 aliphatic rings. The van der Waals surface area contributed by atoms with Gasteiger partial charge in [-0.15, -0.1) is 0 Å². The molecule has 0 atom stereocenters. The third kappa shape index (κ3) is 2.55. The first kappa shape index (κ1) is 14.2. The van der Waals surface area contributed by atoms with E-state index in [0.717, 1.165) is 16.8 Å². The van der Waals surface area contributed by atoms with Gasteiger partial charge in [0.15, 0.2) is 11.5 Å². The van der Waals surface area contributed by atoms with Crippen molar-refractivity contribution in [3.05, 3.63) is 53.6 Å². The molecule has 0 unspecified atom stereocenters. The van der Waals surface area contributed by atoms with Gasteiger partial charge in [0.2, 0.25) is 0 Å². The zero-order valence-electron chi connectivity index (χ0n) is 12.6. The van der Waals surface area contributed by atoms with Crippen molar-refractivity contribution in [3.63, 3.8) is 0 Å². The highest BCUT2D eigenvalue weighted by atomic mass is 16.5. The molecule has 4 heteroatoms. The molecule has 1 aliphatic heterocycles. The van der Waals surface area contributed by atoms with Crippen LogP contribution in [0.15, 0.2) is 42.5 Å². The van der Waals surface area contributed by atoms with E-state index in [9.17, 15) is 4.79 Å². The highest BCUT2D eigenvalue weighted by Gasteiger charge is 2.23. The van der Waals surface area contributed by atoms with Crippen molar-refractivity contribution in [2.24, 2.45) is 0 Å². The number of hydrogen-bond acceptors (Lipinski definition) is 3. The number of para-hydroxylation sites is 1. The van der Waals surface area contributed by atoms with Crippen molar-refractivity contribution in [2.45, 2.75) is 6.92 Å². The molecule has 0 fully saturated rings. The first-order valence-electron chi connectivity index (χ1n) is 7.16. The molecule has 0 aliphatic carbocycles. The summed E-state index contributed by atoms with van der Waals surface area (Å²) in [5.41, 5.74) is 3.31. The maximum Gasteiger partial charge on any atom is 0.256 e. The fourth-order valence-corrected chi connectivity index (χ4v) is 2.50. The largest absolute Gasteiger partial charge is 0.493 e. The normalized spacial score (nSPS) is 14.6. The lowest BCUT2D eigenvalue weighted by Gasteiger charge is -2.09. The Labute approximate surface area is 129 Å².